The summed E-state index contributed by atoms with van der Waals surface area (Å²) in [6.45, 7) is -0.390. The van der Waals surface area contributed by atoms with Crippen LogP contribution in [0.5, 0.6) is 5.75 Å². The second-order valence-electron chi connectivity index (χ2n) is 7.71. The van der Waals surface area contributed by atoms with Gasteiger partial charge >= 0.3 is 6.18 Å². The molecule has 2 aromatic rings. The minimum atomic E-state index is -4.94. The molecule has 174 valence electrons. The van der Waals surface area contributed by atoms with E-state index in [0.29, 0.717) is 18.9 Å². The molecule has 1 saturated carbocycles. The molecule has 0 aromatic heterocycles. The van der Waals surface area contributed by atoms with Gasteiger partial charge in [0.2, 0.25) is 0 Å². The van der Waals surface area contributed by atoms with Crippen LogP contribution in [0.1, 0.15) is 48.0 Å². The molecular weight excluding hydrogens is 474 g/mol. The van der Waals surface area contributed by atoms with Gasteiger partial charge in [-0.1, -0.05) is 36.9 Å². The third-order valence-corrected chi connectivity index (χ3v) is 8.57. The molecule has 11 heteroatoms. The second kappa shape index (κ2) is 8.90. The molecule has 0 aliphatic heterocycles. The summed E-state index contributed by atoms with van der Waals surface area (Å²) >= 11 is 5.69. The summed E-state index contributed by atoms with van der Waals surface area (Å²) in [4.78, 5) is 11.7. The van der Waals surface area contributed by atoms with Gasteiger partial charge in [-0.15, -0.1) is 0 Å². The highest BCUT2D eigenvalue weighted by molar-refractivity contribution is 7.93. The molecule has 0 heterocycles. The van der Waals surface area contributed by atoms with Crippen molar-refractivity contribution in [2.75, 3.05) is 6.54 Å². The number of sulfone groups is 1. The van der Waals surface area contributed by atoms with Crippen LogP contribution in [-0.2, 0) is 16.0 Å². The number of hydrogen-bond donors (Lipinski definition) is 2. The van der Waals surface area contributed by atoms with Crippen molar-refractivity contribution in [3.63, 3.8) is 0 Å². The number of hydrogen-bond acceptors (Lipinski definition) is 4. The molecule has 5 nitrogen and oxygen atoms in total. The molecule has 0 spiro atoms. The average Bonchev–Trinajstić information content (AvgIpc) is 2.73. The molecule has 2 aromatic carbocycles. The first-order chi connectivity index (χ1) is 14.9. The van der Waals surface area contributed by atoms with E-state index in [4.69, 9.17) is 11.6 Å². The predicted molar refractivity (Wildman–Crippen MR) is 110 cm³/mol. The van der Waals surface area contributed by atoms with Gasteiger partial charge in [-0.25, -0.2) is 12.8 Å². The summed E-state index contributed by atoms with van der Waals surface area (Å²) in [5.74, 6) is -2.79. The maximum Gasteiger partial charge on any atom is 0.419 e. The van der Waals surface area contributed by atoms with Gasteiger partial charge in [-0.3, -0.25) is 4.79 Å². The normalized spacial score (nSPS) is 16.5. The Kier molecular flexibility index (Phi) is 6.76. The van der Waals surface area contributed by atoms with Crippen molar-refractivity contribution in [3.8, 4) is 5.75 Å². The summed E-state index contributed by atoms with van der Waals surface area (Å²) in [6, 6.07) is 5.71. The molecule has 1 amide bonds. The molecule has 0 bridgehead atoms. The third-order valence-electron chi connectivity index (χ3n) is 5.68. The summed E-state index contributed by atoms with van der Waals surface area (Å²) in [7, 11) is -4.48. The van der Waals surface area contributed by atoms with Crippen molar-refractivity contribution in [3.05, 3.63) is 58.4 Å². The zero-order valence-electron chi connectivity index (χ0n) is 16.7. The van der Waals surface area contributed by atoms with Gasteiger partial charge in [0.15, 0.2) is 9.84 Å². The molecule has 0 atom stereocenters. The van der Waals surface area contributed by atoms with Gasteiger partial charge in [-0.05, 0) is 43.2 Å². The summed E-state index contributed by atoms with van der Waals surface area (Å²) in [5.41, 5.74) is -1.45. The molecular formula is C21H20ClF4NO4S. The Morgan fingerprint density at radius 3 is 2.38 bits per heavy atom. The molecule has 0 saturated heterocycles. The Morgan fingerprint density at radius 1 is 1.12 bits per heavy atom. The number of rotatable bonds is 5. The Bertz CT molecular complexity index is 1130. The first-order valence-electron chi connectivity index (χ1n) is 9.76. The van der Waals surface area contributed by atoms with E-state index in [9.17, 15) is 35.9 Å². The number of aromatic hydroxyl groups is 1. The number of phenolic OH excluding ortho intramolecular Hbond substituents is 1. The Morgan fingerprint density at radius 2 is 1.78 bits per heavy atom. The number of alkyl halides is 3. The number of benzene rings is 2. The van der Waals surface area contributed by atoms with Crippen molar-refractivity contribution < 1.29 is 35.9 Å². The van der Waals surface area contributed by atoms with E-state index in [1.54, 1.807) is 0 Å². The fourth-order valence-electron chi connectivity index (χ4n) is 3.92. The Balaban J connectivity index is 1.96. The molecule has 1 fully saturated rings. The van der Waals surface area contributed by atoms with Gasteiger partial charge in [-0.2, -0.15) is 13.2 Å². The standard InChI is InChI=1S/C21H20ClF4NO4S/c22-15-11-13(7-8-16(15)23)19(29)27-12-20(9-2-1-3-10-20)32(30,31)17-6-4-5-14(18(17)28)21(24,25)26/h4-8,11,28H,1-3,9-10,12H2,(H,27,29). The number of halogens is 5. The van der Waals surface area contributed by atoms with Crippen LogP contribution < -0.4 is 5.32 Å². The minimum Gasteiger partial charge on any atom is -0.506 e. The van der Waals surface area contributed by atoms with Crippen LogP contribution in [0, 0.1) is 5.82 Å². The number of nitrogens with one attached hydrogen (secondary N) is 1. The quantitative estimate of drug-likeness (QED) is 0.567. The van der Waals surface area contributed by atoms with Gasteiger partial charge < -0.3 is 10.4 Å². The van der Waals surface area contributed by atoms with Crippen LogP contribution in [0.25, 0.3) is 0 Å². The van der Waals surface area contributed by atoms with E-state index in [2.05, 4.69) is 5.32 Å². The van der Waals surface area contributed by atoms with Crippen molar-refractivity contribution in [2.24, 2.45) is 0 Å². The van der Waals surface area contributed by atoms with Crippen molar-refractivity contribution in [1.82, 2.24) is 5.32 Å². The van der Waals surface area contributed by atoms with E-state index >= 15 is 0 Å². The van der Waals surface area contributed by atoms with E-state index in [1.807, 2.05) is 0 Å². The minimum absolute atomic E-state index is 0.00155. The lowest BCUT2D eigenvalue weighted by Gasteiger charge is -2.37. The molecule has 3 rings (SSSR count). The van der Waals surface area contributed by atoms with Crippen LogP contribution in [0.4, 0.5) is 17.6 Å². The van der Waals surface area contributed by atoms with Crippen LogP contribution in [0.2, 0.25) is 5.02 Å². The van der Waals surface area contributed by atoms with E-state index in [0.717, 1.165) is 30.7 Å². The zero-order chi connectivity index (χ0) is 23.7. The number of para-hydroxylation sites is 1. The van der Waals surface area contributed by atoms with E-state index in [1.165, 1.54) is 6.07 Å². The van der Waals surface area contributed by atoms with Crippen molar-refractivity contribution in [2.45, 2.75) is 47.9 Å². The smallest absolute Gasteiger partial charge is 0.419 e. The maximum atomic E-state index is 13.5. The molecule has 0 unspecified atom stereocenters. The Labute approximate surface area is 187 Å². The summed E-state index contributed by atoms with van der Waals surface area (Å²) in [5, 5.41) is 12.4. The molecule has 2 N–H and O–H groups in total. The van der Waals surface area contributed by atoms with E-state index in [-0.39, 0.29) is 23.4 Å². The van der Waals surface area contributed by atoms with Gasteiger partial charge in [0.1, 0.15) is 16.5 Å². The van der Waals surface area contributed by atoms with Crippen molar-refractivity contribution >= 4 is 27.3 Å². The first kappa shape index (κ1) is 24.3. The second-order valence-corrected chi connectivity index (χ2v) is 10.4. The van der Waals surface area contributed by atoms with Gasteiger partial charge in [0, 0.05) is 12.1 Å². The maximum absolute atomic E-state index is 13.5. The number of amides is 1. The molecule has 32 heavy (non-hydrogen) atoms. The highest BCUT2D eigenvalue weighted by Crippen LogP contribution is 2.45. The van der Waals surface area contributed by atoms with Crippen LogP contribution in [0.3, 0.4) is 0 Å². The monoisotopic (exact) mass is 493 g/mol. The van der Waals surface area contributed by atoms with Crippen LogP contribution >= 0.6 is 11.6 Å². The number of phenols is 1. The van der Waals surface area contributed by atoms with Gasteiger partial charge in [0.25, 0.3) is 5.91 Å². The topological polar surface area (TPSA) is 83.5 Å². The van der Waals surface area contributed by atoms with E-state index < -0.39 is 55.2 Å². The van der Waals surface area contributed by atoms with Crippen molar-refractivity contribution in [1.29, 1.82) is 0 Å². The molecule has 0 radical (unpaired) electrons. The van der Waals surface area contributed by atoms with Gasteiger partial charge in [0.05, 0.1) is 15.3 Å². The summed E-state index contributed by atoms with van der Waals surface area (Å²) < 4.78 is 78.4. The lowest BCUT2D eigenvalue weighted by atomic mass is 9.88. The largest absolute Gasteiger partial charge is 0.506 e. The predicted octanol–water partition coefficient (Wildman–Crippen LogP) is 5.11. The first-order valence-corrected chi connectivity index (χ1v) is 11.6. The highest BCUT2D eigenvalue weighted by atomic mass is 35.5. The van der Waals surface area contributed by atoms with Crippen LogP contribution in [0.15, 0.2) is 41.3 Å². The highest BCUT2D eigenvalue weighted by Gasteiger charge is 2.48. The lowest BCUT2D eigenvalue weighted by molar-refractivity contribution is -0.139. The molecule has 1 aliphatic carbocycles. The zero-order valence-corrected chi connectivity index (χ0v) is 18.2. The molecule has 1 aliphatic rings. The average molecular weight is 494 g/mol. The SMILES string of the molecule is O=C(NCC1(S(=O)(=O)c2cccc(C(F)(F)F)c2O)CCCCC1)c1ccc(F)c(Cl)c1. The number of carbonyl (C=O) groups is 1. The summed E-state index contributed by atoms with van der Waals surface area (Å²) in [6.07, 6.45) is -3.06. The number of carbonyl (C=O) groups excluding carboxylic acids is 1. The Hall–Kier alpha value is -2.33. The lowest BCUT2D eigenvalue weighted by Crippen LogP contribution is -2.50. The fraction of sp³-hybridized carbons (Fsp3) is 0.381. The fourth-order valence-corrected chi connectivity index (χ4v) is 6.28. The van der Waals surface area contributed by atoms with Crippen LogP contribution in [-0.4, -0.2) is 30.7 Å². The third kappa shape index (κ3) is 4.56.